The quantitative estimate of drug-likeness (QED) is 0.758. The lowest BCUT2D eigenvalue weighted by Crippen LogP contribution is -2.00. The number of fused-ring (bicyclic) bond motifs is 1. The van der Waals surface area contributed by atoms with E-state index in [1.54, 1.807) is 13.0 Å². The van der Waals surface area contributed by atoms with Crippen LogP contribution in [0.1, 0.15) is 16.1 Å². The summed E-state index contributed by atoms with van der Waals surface area (Å²) in [5.41, 5.74) is -0.314. The Morgan fingerprint density at radius 1 is 1.50 bits per heavy atom. The maximum Gasteiger partial charge on any atom is 0.342 e. The van der Waals surface area contributed by atoms with E-state index in [0.29, 0.717) is 11.1 Å². The van der Waals surface area contributed by atoms with Crippen LogP contribution in [-0.2, 0) is 0 Å². The highest BCUT2D eigenvalue weighted by atomic mass is 19.1. The van der Waals surface area contributed by atoms with Crippen molar-refractivity contribution in [1.29, 1.82) is 0 Å². The lowest BCUT2D eigenvalue weighted by Gasteiger charge is -1.97. The van der Waals surface area contributed by atoms with Crippen molar-refractivity contribution < 1.29 is 18.7 Å². The number of hydrogen-bond donors (Lipinski definition) is 1. The van der Waals surface area contributed by atoms with Crippen LogP contribution in [0.4, 0.5) is 4.39 Å². The van der Waals surface area contributed by atoms with Gasteiger partial charge in [-0.3, -0.25) is 0 Å². The van der Waals surface area contributed by atoms with Gasteiger partial charge in [0, 0.05) is 5.39 Å². The van der Waals surface area contributed by atoms with Crippen LogP contribution in [0.15, 0.2) is 22.6 Å². The number of carboxylic acid groups (broad SMARTS) is 1. The van der Waals surface area contributed by atoms with Gasteiger partial charge in [-0.2, -0.15) is 0 Å². The minimum Gasteiger partial charge on any atom is -0.477 e. The molecule has 0 fully saturated rings. The lowest BCUT2D eigenvalue weighted by molar-refractivity contribution is 0.0693. The van der Waals surface area contributed by atoms with Crippen LogP contribution < -0.4 is 0 Å². The Bertz CT molecular complexity index is 513. The van der Waals surface area contributed by atoms with Crippen molar-refractivity contribution in [3.05, 3.63) is 35.3 Å². The summed E-state index contributed by atoms with van der Waals surface area (Å²) in [6, 6.07) is 4.29. The molecule has 0 saturated carbocycles. The molecule has 0 amide bonds. The average Bonchev–Trinajstić information content (AvgIpc) is 2.43. The molecule has 2 rings (SSSR count). The summed E-state index contributed by atoms with van der Waals surface area (Å²) in [7, 11) is 0. The third-order valence-electron chi connectivity index (χ3n) is 1.97. The smallest absolute Gasteiger partial charge is 0.342 e. The number of aromatic carboxylic acids is 1. The molecule has 1 N–H and O–H groups in total. The monoisotopic (exact) mass is 194 g/mol. The van der Waals surface area contributed by atoms with Crippen LogP contribution in [0.5, 0.6) is 0 Å². The van der Waals surface area contributed by atoms with Crippen LogP contribution in [0.2, 0.25) is 0 Å². The van der Waals surface area contributed by atoms with Crippen LogP contribution >= 0.6 is 0 Å². The third-order valence-corrected chi connectivity index (χ3v) is 1.97. The first-order valence-electron chi connectivity index (χ1n) is 4.01. The number of aryl methyl sites for hydroxylation is 1. The first-order chi connectivity index (χ1) is 6.59. The van der Waals surface area contributed by atoms with Crippen molar-refractivity contribution in [2.75, 3.05) is 0 Å². The summed E-state index contributed by atoms with van der Waals surface area (Å²) in [5.74, 6) is -1.53. The molecule has 0 bridgehead atoms. The van der Waals surface area contributed by atoms with Crippen LogP contribution in [0.3, 0.4) is 0 Å². The summed E-state index contributed by atoms with van der Waals surface area (Å²) in [5, 5.41) is 9.37. The number of furan rings is 1. The Hall–Kier alpha value is -1.84. The zero-order valence-corrected chi connectivity index (χ0v) is 7.37. The molecule has 14 heavy (non-hydrogen) atoms. The molecule has 3 nitrogen and oxygen atoms in total. The van der Waals surface area contributed by atoms with Gasteiger partial charge < -0.3 is 9.52 Å². The molecule has 4 heteroatoms. The molecular weight excluding hydrogens is 187 g/mol. The maximum atomic E-state index is 13.1. The Morgan fingerprint density at radius 2 is 2.21 bits per heavy atom. The first kappa shape index (κ1) is 8.74. The molecule has 1 heterocycles. The molecule has 0 spiro atoms. The zero-order valence-electron chi connectivity index (χ0n) is 7.37. The highest BCUT2D eigenvalue weighted by Crippen LogP contribution is 2.24. The third kappa shape index (κ3) is 1.16. The van der Waals surface area contributed by atoms with Gasteiger partial charge >= 0.3 is 5.97 Å². The van der Waals surface area contributed by atoms with Crippen molar-refractivity contribution in [1.82, 2.24) is 0 Å². The van der Waals surface area contributed by atoms with Gasteiger partial charge in [-0.1, -0.05) is 0 Å². The second-order valence-electron chi connectivity index (χ2n) is 3.00. The minimum absolute atomic E-state index is 0.0926. The molecule has 0 aliphatic rings. The van der Waals surface area contributed by atoms with E-state index >= 15 is 0 Å². The molecule has 1 aromatic heterocycles. The summed E-state index contributed by atoms with van der Waals surface area (Å²) in [4.78, 5) is 10.7. The van der Waals surface area contributed by atoms with Crippen molar-refractivity contribution in [2.45, 2.75) is 6.92 Å². The highest BCUT2D eigenvalue weighted by Gasteiger charge is 2.17. The SMILES string of the molecule is Cc1cc2ccc(F)c(C(=O)O)c2o1. The van der Waals surface area contributed by atoms with E-state index in [9.17, 15) is 9.18 Å². The number of halogens is 1. The molecule has 1 aromatic carbocycles. The molecule has 0 radical (unpaired) electrons. The van der Waals surface area contributed by atoms with Crippen LogP contribution in [-0.4, -0.2) is 11.1 Å². The van der Waals surface area contributed by atoms with Gasteiger partial charge in [0.1, 0.15) is 17.1 Å². The Morgan fingerprint density at radius 3 is 2.86 bits per heavy atom. The normalized spacial score (nSPS) is 10.7. The molecular formula is C10H7FO3. The summed E-state index contributed by atoms with van der Waals surface area (Å²) >= 11 is 0. The van der Waals surface area contributed by atoms with Gasteiger partial charge in [-0.25, -0.2) is 9.18 Å². The number of hydrogen-bond acceptors (Lipinski definition) is 2. The molecule has 2 aromatic rings. The van der Waals surface area contributed by atoms with E-state index in [1.807, 2.05) is 0 Å². The second kappa shape index (κ2) is 2.83. The molecule has 0 atom stereocenters. The summed E-state index contributed by atoms with van der Waals surface area (Å²) < 4.78 is 18.3. The Balaban J connectivity index is 2.88. The fourth-order valence-corrected chi connectivity index (χ4v) is 1.41. The van der Waals surface area contributed by atoms with Crippen molar-refractivity contribution in [3.8, 4) is 0 Å². The van der Waals surface area contributed by atoms with Crippen molar-refractivity contribution in [2.24, 2.45) is 0 Å². The Labute approximate surface area is 78.8 Å². The van der Waals surface area contributed by atoms with Gasteiger partial charge in [0.2, 0.25) is 0 Å². The molecule has 72 valence electrons. The molecule has 0 unspecified atom stereocenters. The average molecular weight is 194 g/mol. The largest absolute Gasteiger partial charge is 0.477 e. The highest BCUT2D eigenvalue weighted by molar-refractivity contribution is 6.01. The van der Waals surface area contributed by atoms with Gasteiger partial charge in [0.15, 0.2) is 5.58 Å². The van der Waals surface area contributed by atoms with E-state index in [2.05, 4.69) is 0 Å². The second-order valence-corrected chi connectivity index (χ2v) is 3.00. The fourth-order valence-electron chi connectivity index (χ4n) is 1.41. The predicted octanol–water partition coefficient (Wildman–Crippen LogP) is 2.58. The van der Waals surface area contributed by atoms with Gasteiger partial charge in [0.25, 0.3) is 0 Å². The number of benzene rings is 1. The molecule has 0 aliphatic heterocycles. The standard InChI is InChI=1S/C10H7FO3/c1-5-4-6-2-3-7(11)8(10(12)13)9(6)14-5/h2-4H,1H3,(H,12,13). The van der Waals surface area contributed by atoms with Gasteiger partial charge in [0.05, 0.1) is 0 Å². The number of carboxylic acids is 1. The van der Waals surface area contributed by atoms with Crippen molar-refractivity contribution in [3.63, 3.8) is 0 Å². The maximum absolute atomic E-state index is 13.1. The number of carbonyl (C=O) groups is 1. The summed E-state index contributed by atoms with van der Waals surface area (Å²) in [6.07, 6.45) is 0. The van der Waals surface area contributed by atoms with E-state index in [1.165, 1.54) is 6.07 Å². The van der Waals surface area contributed by atoms with Gasteiger partial charge in [-0.15, -0.1) is 0 Å². The van der Waals surface area contributed by atoms with E-state index < -0.39 is 17.3 Å². The molecule has 0 aliphatic carbocycles. The summed E-state index contributed by atoms with van der Waals surface area (Å²) in [6.45, 7) is 1.68. The van der Waals surface area contributed by atoms with Crippen molar-refractivity contribution >= 4 is 16.9 Å². The predicted molar refractivity (Wildman–Crippen MR) is 47.9 cm³/mol. The van der Waals surface area contributed by atoms with Gasteiger partial charge in [-0.05, 0) is 25.1 Å². The first-order valence-corrected chi connectivity index (χ1v) is 4.01. The topological polar surface area (TPSA) is 50.4 Å². The minimum atomic E-state index is -1.32. The fraction of sp³-hybridized carbons (Fsp3) is 0.100. The van der Waals surface area contributed by atoms with E-state index in [-0.39, 0.29) is 5.58 Å². The Kier molecular flexibility index (Phi) is 1.77. The van der Waals surface area contributed by atoms with Crippen LogP contribution in [0, 0.1) is 12.7 Å². The van der Waals surface area contributed by atoms with E-state index in [0.717, 1.165) is 6.07 Å². The zero-order chi connectivity index (χ0) is 10.3. The lowest BCUT2D eigenvalue weighted by atomic mass is 10.1. The molecule has 0 saturated heterocycles. The van der Waals surface area contributed by atoms with Crippen LogP contribution in [0.25, 0.3) is 11.0 Å². The number of rotatable bonds is 1. The van der Waals surface area contributed by atoms with E-state index in [4.69, 9.17) is 9.52 Å².